The molecule has 1 aromatic carbocycles. The standard InChI is InChI=1S/C20H29NO3/c1-3-6-15(2)13-19(22)21-11-9-16(10-12-21)14-17-7-4-5-8-18(17)20(23)24/h4-5,7-8,15-16H,3,6,9-14H2,1-2H3,(H,23,24). The minimum atomic E-state index is -0.858. The average molecular weight is 331 g/mol. The summed E-state index contributed by atoms with van der Waals surface area (Å²) in [6, 6.07) is 7.25. The first-order chi connectivity index (χ1) is 11.5. The van der Waals surface area contributed by atoms with Gasteiger partial charge >= 0.3 is 5.97 Å². The van der Waals surface area contributed by atoms with Gasteiger partial charge in [-0.05, 0) is 42.7 Å². The number of amides is 1. The zero-order chi connectivity index (χ0) is 17.5. The molecule has 0 saturated carbocycles. The number of benzene rings is 1. The highest BCUT2D eigenvalue weighted by molar-refractivity contribution is 5.89. The molecule has 4 nitrogen and oxygen atoms in total. The summed E-state index contributed by atoms with van der Waals surface area (Å²) in [5, 5.41) is 9.28. The van der Waals surface area contributed by atoms with E-state index in [1.165, 1.54) is 0 Å². The van der Waals surface area contributed by atoms with Gasteiger partial charge < -0.3 is 10.0 Å². The summed E-state index contributed by atoms with van der Waals surface area (Å²) in [6.07, 6.45) is 5.59. The number of carbonyl (C=O) groups excluding carboxylic acids is 1. The van der Waals surface area contributed by atoms with E-state index in [1.807, 2.05) is 17.0 Å². The van der Waals surface area contributed by atoms with E-state index < -0.39 is 5.97 Å². The van der Waals surface area contributed by atoms with Gasteiger partial charge in [-0.1, -0.05) is 44.9 Å². The highest BCUT2D eigenvalue weighted by Gasteiger charge is 2.24. The van der Waals surface area contributed by atoms with Gasteiger partial charge in [0, 0.05) is 19.5 Å². The first-order valence-corrected chi connectivity index (χ1v) is 9.10. The third-order valence-corrected chi connectivity index (χ3v) is 5.03. The second-order valence-corrected chi connectivity index (χ2v) is 7.09. The first kappa shape index (κ1) is 18.5. The fourth-order valence-electron chi connectivity index (χ4n) is 3.63. The average Bonchev–Trinajstić information content (AvgIpc) is 2.56. The molecule has 2 rings (SSSR count). The molecule has 1 aliphatic heterocycles. The van der Waals surface area contributed by atoms with Gasteiger partial charge in [-0.15, -0.1) is 0 Å². The molecule has 0 bridgehead atoms. The van der Waals surface area contributed by atoms with Gasteiger partial charge in [0.2, 0.25) is 5.91 Å². The third-order valence-electron chi connectivity index (χ3n) is 5.03. The number of rotatable bonds is 7. The summed E-state index contributed by atoms with van der Waals surface area (Å²) >= 11 is 0. The molecule has 0 radical (unpaired) electrons. The Kier molecular flexibility index (Phi) is 6.83. The van der Waals surface area contributed by atoms with Gasteiger partial charge in [0.25, 0.3) is 0 Å². The van der Waals surface area contributed by atoms with Crippen LogP contribution in [0.25, 0.3) is 0 Å². The molecular weight excluding hydrogens is 302 g/mol. The molecule has 1 aromatic rings. The number of likely N-dealkylation sites (tertiary alicyclic amines) is 1. The van der Waals surface area contributed by atoms with Crippen LogP contribution in [0.2, 0.25) is 0 Å². The van der Waals surface area contributed by atoms with Crippen LogP contribution in [-0.4, -0.2) is 35.0 Å². The van der Waals surface area contributed by atoms with Gasteiger partial charge in [0.1, 0.15) is 0 Å². The van der Waals surface area contributed by atoms with Crippen LogP contribution in [0, 0.1) is 11.8 Å². The summed E-state index contributed by atoms with van der Waals surface area (Å²) < 4.78 is 0. The Balaban J connectivity index is 1.85. The Bertz CT molecular complexity index is 562. The molecule has 132 valence electrons. The number of hydrogen-bond donors (Lipinski definition) is 1. The maximum Gasteiger partial charge on any atom is 0.335 e. The normalized spacial score (nSPS) is 16.8. The highest BCUT2D eigenvalue weighted by atomic mass is 16.4. The Labute approximate surface area is 144 Å². The second-order valence-electron chi connectivity index (χ2n) is 7.09. The van der Waals surface area contributed by atoms with E-state index in [0.717, 1.165) is 50.8 Å². The number of piperidine rings is 1. The Morgan fingerprint density at radius 1 is 1.25 bits per heavy atom. The highest BCUT2D eigenvalue weighted by Crippen LogP contribution is 2.24. The predicted octanol–water partition coefficient (Wildman–Crippen LogP) is 3.99. The molecule has 1 heterocycles. The van der Waals surface area contributed by atoms with Crippen molar-refractivity contribution in [3.8, 4) is 0 Å². The molecule has 0 aliphatic carbocycles. The number of carboxylic acids is 1. The van der Waals surface area contributed by atoms with Crippen molar-refractivity contribution in [2.24, 2.45) is 11.8 Å². The summed E-state index contributed by atoms with van der Waals surface area (Å²) in [5.41, 5.74) is 1.32. The minimum absolute atomic E-state index is 0.278. The van der Waals surface area contributed by atoms with E-state index in [-0.39, 0.29) is 5.91 Å². The first-order valence-electron chi connectivity index (χ1n) is 9.10. The molecule has 1 atom stereocenters. The van der Waals surface area contributed by atoms with Crippen molar-refractivity contribution in [2.75, 3.05) is 13.1 Å². The lowest BCUT2D eigenvalue weighted by Gasteiger charge is -2.33. The van der Waals surface area contributed by atoms with E-state index in [0.29, 0.717) is 23.8 Å². The van der Waals surface area contributed by atoms with Crippen LogP contribution in [0.1, 0.15) is 61.9 Å². The van der Waals surface area contributed by atoms with Crippen molar-refractivity contribution < 1.29 is 14.7 Å². The van der Waals surface area contributed by atoms with E-state index in [1.54, 1.807) is 12.1 Å². The monoisotopic (exact) mass is 331 g/mol. The van der Waals surface area contributed by atoms with Crippen molar-refractivity contribution in [1.29, 1.82) is 0 Å². The van der Waals surface area contributed by atoms with E-state index in [2.05, 4.69) is 13.8 Å². The molecule has 1 N–H and O–H groups in total. The van der Waals surface area contributed by atoms with Crippen LogP contribution >= 0.6 is 0 Å². The van der Waals surface area contributed by atoms with E-state index in [9.17, 15) is 14.7 Å². The fourth-order valence-corrected chi connectivity index (χ4v) is 3.63. The zero-order valence-corrected chi connectivity index (χ0v) is 14.8. The lowest BCUT2D eigenvalue weighted by Crippen LogP contribution is -2.39. The van der Waals surface area contributed by atoms with Crippen molar-refractivity contribution in [1.82, 2.24) is 4.90 Å². The van der Waals surface area contributed by atoms with Crippen molar-refractivity contribution in [3.05, 3.63) is 35.4 Å². The molecule has 24 heavy (non-hydrogen) atoms. The van der Waals surface area contributed by atoms with Crippen LogP contribution in [0.15, 0.2) is 24.3 Å². The van der Waals surface area contributed by atoms with Crippen LogP contribution in [-0.2, 0) is 11.2 Å². The maximum atomic E-state index is 12.3. The molecule has 1 amide bonds. The smallest absolute Gasteiger partial charge is 0.335 e. The number of hydrogen-bond acceptors (Lipinski definition) is 2. The summed E-state index contributed by atoms with van der Waals surface area (Å²) in [6.45, 7) is 5.91. The van der Waals surface area contributed by atoms with Crippen molar-refractivity contribution in [2.45, 2.75) is 52.4 Å². The van der Waals surface area contributed by atoms with Gasteiger partial charge in [0.15, 0.2) is 0 Å². The molecule has 0 aromatic heterocycles. The van der Waals surface area contributed by atoms with Crippen LogP contribution in [0.5, 0.6) is 0 Å². The van der Waals surface area contributed by atoms with Gasteiger partial charge in [0.05, 0.1) is 5.56 Å². The summed E-state index contributed by atoms with van der Waals surface area (Å²) in [7, 11) is 0. The topological polar surface area (TPSA) is 57.6 Å². The molecule has 1 saturated heterocycles. The molecule has 4 heteroatoms. The molecular formula is C20H29NO3. The van der Waals surface area contributed by atoms with E-state index in [4.69, 9.17) is 0 Å². The maximum absolute atomic E-state index is 12.3. The minimum Gasteiger partial charge on any atom is -0.478 e. The molecule has 0 spiro atoms. The van der Waals surface area contributed by atoms with Crippen LogP contribution in [0.4, 0.5) is 0 Å². The Hall–Kier alpha value is -1.84. The SMILES string of the molecule is CCCC(C)CC(=O)N1CCC(Cc2ccccc2C(=O)O)CC1. The number of aromatic carboxylic acids is 1. The summed E-state index contributed by atoms with van der Waals surface area (Å²) in [4.78, 5) is 25.6. The van der Waals surface area contributed by atoms with Gasteiger partial charge in [-0.3, -0.25) is 4.79 Å². The fraction of sp³-hybridized carbons (Fsp3) is 0.600. The number of nitrogens with zero attached hydrogens (tertiary/aromatic N) is 1. The Morgan fingerprint density at radius 3 is 2.54 bits per heavy atom. The van der Waals surface area contributed by atoms with Gasteiger partial charge in [-0.2, -0.15) is 0 Å². The molecule has 1 aliphatic rings. The van der Waals surface area contributed by atoms with Gasteiger partial charge in [-0.25, -0.2) is 4.79 Å². The molecule has 1 unspecified atom stereocenters. The van der Waals surface area contributed by atoms with Crippen molar-refractivity contribution >= 4 is 11.9 Å². The lowest BCUT2D eigenvalue weighted by molar-refractivity contribution is -0.133. The van der Waals surface area contributed by atoms with Crippen LogP contribution in [0.3, 0.4) is 0 Å². The van der Waals surface area contributed by atoms with E-state index >= 15 is 0 Å². The Morgan fingerprint density at radius 2 is 1.92 bits per heavy atom. The van der Waals surface area contributed by atoms with Crippen molar-refractivity contribution in [3.63, 3.8) is 0 Å². The predicted molar refractivity (Wildman–Crippen MR) is 95.1 cm³/mol. The number of carbonyl (C=O) groups is 2. The summed E-state index contributed by atoms with van der Waals surface area (Å²) in [5.74, 6) is 0.341. The largest absolute Gasteiger partial charge is 0.478 e. The zero-order valence-electron chi connectivity index (χ0n) is 14.8. The van der Waals surface area contributed by atoms with Crippen LogP contribution < -0.4 is 0 Å². The quantitative estimate of drug-likeness (QED) is 0.822. The number of carboxylic acid groups (broad SMARTS) is 1. The molecule has 1 fully saturated rings. The third kappa shape index (κ3) is 5.08. The lowest BCUT2D eigenvalue weighted by atomic mass is 9.88. The second kappa shape index (κ2) is 8.86.